The van der Waals surface area contributed by atoms with E-state index >= 15 is 0 Å². The largest absolute Gasteiger partial charge is 0.472 e. The number of hydrogen-bond donors (Lipinski definition) is 1. The van der Waals surface area contributed by atoms with Gasteiger partial charge in [0.05, 0.1) is 27.7 Å². The van der Waals surface area contributed by atoms with Gasteiger partial charge in [-0.1, -0.05) is 255 Å². The summed E-state index contributed by atoms with van der Waals surface area (Å²) in [5.41, 5.74) is 0. The molecule has 0 aromatic rings. The summed E-state index contributed by atoms with van der Waals surface area (Å²) in [6.45, 7) is 4.14. The van der Waals surface area contributed by atoms with Crippen LogP contribution in [0.3, 0.4) is 0 Å². The van der Waals surface area contributed by atoms with Crippen LogP contribution in [0.25, 0.3) is 0 Å². The number of allylic oxidation sites excluding steroid dienone is 26. The first-order valence-electron chi connectivity index (χ1n) is 32.2. The fourth-order valence-corrected chi connectivity index (χ4v) is 8.92. The Morgan fingerprint density at radius 1 is 0.378 bits per heavy atom. The van der Waals surface area contributed by atoms with Gasteiger partial charge in [-0.3, -0.25) is 18.6 Å². The van der Waals surface area contributed by atoms with Gasteiger partial charge in [0.2, 0.25) is 0 Å². The van der Waals surface area contributed by atoms with E-state index in [-0.39, 0.29) is 26.1 Å². The molecule has 0 aliphatic carbocycles. The second kappa shape index (κ2) is 61.2. The number of rotatable bonds is 57. The molecule has 0 saturated carbocycles. The van der Waals surface area contributed by atoms with Crippen LogP contribution in [0.15, 0.2) is 158 Å². The predicted octanol–water partition coefficient (Wildman–Crippen LogP) is 20.8. The first-order valence-corrected chi connectivity index (χ1v) is 33.7. The van der Waals surface area contributed by atoms with E-state index in [1.807, 2.05) is 21.1 Å². The summed E-state index contributed by atoms with van der Waals surface area (Å²) in [6, 6.07) is 0. The molecular formula is C72H119NO8P+. The third-order valence-corrected chi connectivity index (χ3v) is 14.0. The maximum absolute atomic E-state index is 12.9. The van der Waals surface area contributed by atoms with Crippen molar-refractivity contribution in [2.45, 2.75) is 238 Å². The van der Waals surface area contributed by atoms with Gasteiger partial charge in [-0.05, 0) is 122 Å². The van der Waals surface area contributed by atoms with E-state index in [1.54, 1.807) is 0 Å². The van der Waals surface area contributed by atoms with E-state index in [1.165, 1.54) is 77.0 Å². The van der Waals surface area contributed by atoms with Crippen molar-refractivity contribution in [3.63, 3.8) is 0 Å². The van der Waals surface area contributed by atoms with Crippen molar-refractivity contribution in [1.82, 2.24) is 0 Å². The maximum atomic E-state index is 12.9. The van der Waals surface area contributed by atoms with E-state index in [9.17, 15) is 19.0 Å². The van der Waals surface area contributed by atoms with E-state index in [0.29, 0.717) is 23.9 Å². The number of hydrogen-bond acceptors (Lipinski definition) is 7. The van der Waals surface area contributed by atoms with Crippen LogP contribution in [0.4, 0.5) is 0 Å². The number of carbonyl (C=O) groups is 2. The SMILES string of the molecule is CC/C=C\C/C=C\C/C=C\C/C=C\C/C=C\C/C=C\C/C=C\CCCCCCCCCCCCCCCCCC(=O)OC(COC(=O)CCCC/C=C\C/C=C\C/C=C\C/C=C\C/C=C\C/C=C\CC)COP(=O)(O)OCC[N+](C)(C)C. The molecule has 82 heavy (non-hydrogen) atoms. The Labute approximate surface area is 503 Å². The number of nitrogens with zero attached hydrogens (tertiary/aromatic N) is 1. The Balaban J connectivity index is 4.14. The van der Waals surface area contributed by atoms with Crippen LogP contribution in [0.5, 0.6) is 0 Å². The molecule has 0 spiro atoms. The molecule has 0 aliphatic rings. The van der Waals surface area contributed by atoms with Crippen molar-refractivity contribution in [2.24, 2.45) is 0 Å². The Hall–Kier alpha value is -4.37. The van der Waals surface area contributed by atoms with Gasteiger partial charge in [0.25, 0.3) is 0 Å². The maximum Gasteiger partial charge on any atom is 0.472 e. The van der Waals surface area contributed by atoms with Crippen LogP contribution in [0.1, 0.15) is 232 Å². The normalized spacial score (nSPS) is 14.3. The molecule has 464 valence electrons. The molecule has 2 atom stereocenters. The molecule has 0 aromatic carbocycles. The standard InChI is InChI=1S/C72H118NO8P/c1-6-8-10-12-14-16-18-20-22-24-26-28-29-30-31-32-33-34-35-36-37-38-39-40-41-42-43-45-47-49-51-53-55-57-59-61-63-65-72(75)81-70(69-80-82(76,77)79-67-66-73(3,4)5)68-78-71(74)64-62-60-58-56-54-52-50-48-46-44-27-25-23-21-19-17-15-13-11-9-7-2/h8-11,14-17,20-23,26-28,30-31,33-34,36-37,44,48,50,54,56,70H,6-7,12-13,18-19,24-25,29,32,35,38-43,45-47,49,51-53,55,57-69H2,1-5H3/p+1/b10-8-,11-9-,16-14-,17-15-,22-20-,23-21-,28-26-,31-30-,34-33-,37-36-,44-27-,50-48-,56-54-. The average Bonchev–Trinajstić information content (AvgIpc) is 3.46. The predicted molar refractivity (Wildman–Crippen MR) is 353 cm³/mol. The molecule has 0 radical (unpaired) electrons. The molecule has 0 bridgehead atoms. The molecule has 0 amide bonds. The number of carbonyl (C=O) groups excluding carboxylic acids is 2. The molecule has 9 nitrogen and oxygen atoms in total. The Bertz CT molecular complexity index is 1940. The molecule has 1 N–H and O–H groups in total. The van der Waals surface area contributed by atoms with Crippen molar-refractivity contribution < 1.29 is 42.1 Å². The lowest BCUT2D eigenvalue weighted by atomic mass is 10.0. The minimum atomic E-state index is -4.41. The van der Waals surface area contributed by atoms with Crippen LogP contribution in [-0.2, 0) is 32.7 Å². The number of quaternary nitrogens is 1. The highest BCUT2D eigenvalue weighted by Gasteiger charge is 2.27. The highest BCUT2D eigenvalue weighted by molar-refractivity contribution is 7.47. The summed E-state index contributed by atoms with van der Waals surface area (Å²) in [4.78, 5) is 35.8. The van der Waals surface area contributed by atoms with Crippen LogP contribution in [-0.4, -0.2) is 74.9 Å². The van der Waals surface area contributed by atoms with Crippen LogP contribution in [0.2, 0.25) is 0 Å². The third-order valence-electron chi connectivity index (χ3n) is 13.1. The third kappa shape index (κ3) is 64.8. The zero-order chi connectivity index (χ0) is 59.8. The van der Waals surface area contributed by atoms with Gasteiger partial charge >= 0.3 is 19.8 Å². The summed E-state index contributed by atoms with van der Waals surface area (Å²) in [5, 5.41) is 0. The molecular weight excluding hydrogens is 1040 g/mol. The number of esters is 2. The molecule has 0 aromatic heterocycles. The van der Waals surface area contributed by atoms with E-state index in [2.05, 4.69) is 172 Å². The van der Waals surface area contributed by atoms with E-state index < -0.39 is 32.5 Å². The summed E-state index contributed by atoms with van der Waals surface area (Å²) in [7, 11) is 1.43. The number of ether oxygens (including phenoxy) is 2. The summed E-state index contributed by atoms with van der Waals surface area (Å²) >= 11 is 0. The molecule has 0 fully saturated rings. The second-order valence-electron chi connectivity index (χ2n) is 22.0. The van der Waals surface area contributed by atoms with Crippen molar-refractivity contribution in [2.75, 3.05) is 47.5 Å². The van der Waals surface area contributed by atoms with Gasteiger partial charge in [-0.2, -0.15) is 0 Å². The molecule has 10 heteroatoms. The number of unbranched alkanes of at least 4 members (excludes halogenated alkanes) is 17. The van der Waals surface area contributed by atoms with Gasteiger partial charge < -0.3 is 18.9 Å². The van der Waals surface area contributed by atoms with Crippen molar-refractivity contribution in [1.29, 1.82) is 0 Å². The smallest absolute Gasteiger partial charge is 0.462 e. The van der Waals surface area contributed by atoms with Crippen molar-refractivity contribution >= 4 is 19.8 Å². The second-order valence-corrected chi connectivity index (χ2v) is 23.5. The lowest BCUT2D eigenvalue weighted by molar-refractivity contribution is -0.870. The van der Waals surface area contributed by atoms with Gasteiger partial charge in [0.1, 0.15) is 19.8 Å². The Morgan fingerprint density at radius 2 is 0.659 bits per heavy atom. The Kier molecular flexibility index (Phi) is 57.9. The fraction of sp³-hybridized carbons (Fsp3) is 0.611. The average molecular weight is 1160 g/mol. The molecule has 0 rings (SSSR count). The zero-order valence-electron chi connectivity index (χ0n) is 52.7. The molecule has 0 heterocycles. The molecule has 0 saturated heterocycles. The van der Waals surface area contributed by atoms with Crippen molar-refractivity contribution in [3.8, 4) is 0 Å². The van der Waals surface area contributed by atoms with Gasteiger partial charge in [-0.15, -0.1) is 0 Å². The van der Waals surface area contributed by atoms with E-state index in [4.69, 9.17) is 18.5 Å². The highest BCUT2D eigenvalue weighted by Crippen LogP contribution is 2.43. The van der Waals surface area contributed by atoms with Crippen LogP contribution < -0.4 is 0 Å². The highest BCUT2D eigenvalue weighted by atomic mass is 31.2. The van der Waals surface area contributed by atoms with Crippen LogP contribution in [0, 0.1) is 0 Å². The number of phosphoric ester groups is 1. The topological polar surface area (TPSA) is 108 Å². The summed E-state index contributed by atoms with van der Waals surface area (Å²) < 4.78 is 34.6. The van der Waals surface area contributed by atoms with Gasteiger partial charge in [0, 0.05) is 12.8 Å². The lowest BCUT2D eigenvalue weighted by Gasteiger charge is -2.24. The first-order chi connectivity index (χ1) is 40.0. The lowest BCUT2D eigenvalue weighted by Crippen LogP contribution is -2.37. The number of likely N-dealkylation sites (N-methyl/N-ethyl adjacent to an activating group) is 1. The minimum absolute atomic E-state index is 0.0168. The summed E-state index contributed by atoms with van der Waals surface area (Å²) in [6.07, 6.45) is 91.9. The van der Waals surface area contributed by atoms with E-state index in [0.717, 1.165) is 116 Å². The Morgan fingerprint density at radius 3 is 1.00 bits per heavy atom. The summed E-state index contributed by atoms with van der Waals surface area (Å²) in [5.74, 6) is -0.857. The first kappa shape index (κ1) is 77.6. The van der Waals surface area contributed by atoms with Crippen LogP contribution >= 0.6 is 7.82 Å². The van der Waals surface area contributed by atoms with Gasteiger partial charge in [0.15, 0.2) is 6.10 Å². The minimum Gasteiger partial charge on any atom is -0.462 e. The van der Waals surface area contributed by atoms with Crippen molar-refractivity contribution in [3.05, 3.63) is 158 Å². The fourth-order valence-electron chi connectivity index (χ4n) is 8.18. The quantitative estimate of drug-likeness (QED) is 0.0211. The monoisotopic (exact) mass is 1160 g/mol. The number of phosphoric acid groups is 1. The van der Waals surface area contributed by atoms with Gasteiger partial charge in [-0.25, -0.2) is 4.57 Å². The zero-order valence-corrected chi connectivity index (χ0v) is 53.6. The molecule has 0 aliphatic heterocycles. The molecule has 2 unspecified atom stereocenters.